The summed E-state index contributed by atoms with van der Waals surface area (Å²) in [4.78, 5) is 110. The number of ether oxygens (including phenoxy) is 3. The summed E-state index contributed by atoms with van der Waals surface area (Å²) in [6.07, 6.45) is 28.1. The molecule has 0 heterocycles. The molecular weight excluding hydrogens is 1720 g/mol. The number of unbranched alkanes of at least 4 members (excludes halogenated alkanes) is 17. The van der Waals surface area contributed by atoms with Gasteiger partial charge in [0.05, 0.1) is 36.5 Å². The first-order chi connectivity index (χ1) is 65.7. The second kappa shape index (κ2) is 76.0. The van der Waals surface area contributed by atoms with E-state index in [-0.39, 0.29) is 47.4 Å². The van der Waals surface area contributed by atoms with Crippen molar-refractivity contribution < 1.29 is 52.6 Å². The van der Waals surface area contributed by atoms with Crippen LogP contribution in [0.1, 0.15) is 299 Å². The Hall–Kier alpha value is -12.1. The number of nitrogens with zero attached hydrogens (tertiary/aromatic N) is 8. The Morgan fingerprint density at radius 2 is 0.314 bits per heavy atom. The van der Waals surface area contributed by atoms with Gasteiger partial charge in [-0.15, -0.1) is 0 Å². The summed E-state index contributed by atoms with van der Waals surface area (Å²) in [7, 11) is 31.7. The third-order valence-electron chi connectivity index (χ3n) is 21.6. The molecule has 0 spiro atoms. The minimum Gasteiger partial charge on any atom is -0.462 e. The quantitative estimate of drug-likeness (QED) is 0.0135. The topological polar surface area (TPSA) is 250 Å². The summed E-state index contributed by atoms with van der Waals surface area (Å²) in [6.45, 7) is 22.5. The predicted molar refractivity (Wildman–Crippen MR) is 579 cm³/mol. The van der Waals surface area contributed by atoms with E-state index in [2.05, 4.69) is 82.0 Å². The van der Waals surface area contributed by atoms with Crippen molar-refractivity contribution in [3.05, 3.63) is 239 Å². The second-order valence-corrected chi connectivity index (χ2v) is 35.2. The lowest BCUT2D eigenvalue weighted by molar-refractivity contribution is 0.0488. The summed E-state index contributed by atoms with van der Waals surface area (Å²) in [6, 6.07) is 60.6. The van der Waals surface area contributed by atoms with Crippen molar-refractivity contribution in [2.75, 3.05) is 205 Å². The zero-order valence-electron chi connectivity index (χ0n) is 88.4. The Kier molecular flexibility index (Phi) is 68.2. The van der Waals surface area contributed by atoms with Gasteiger partial charge in [0.15, 0.2) is 0 Å². The van der Waals surface area contributed by atoms with Crippen LogP contribution in [0.2, 0.25) is 0 Å². The van der Waals surface area contributed by atoms with Gasteiger partial charge < -0.3 is 80.0 Å². The molecule has 5 amide bonds. The number of benzene rings is 8. The number of carbonyl (C=O) groups is 8. The Balaban J connectivity index is 0.000000783. The Bertz CT molecular complexity index is 4080. The molecule has 8 aromatic rings. The monoisotopic (exact) mass is 1890 g/mol. The maximum atomic E-state index is 11.9. The molecule has 0 saturated heterocycles. The molecule has 0 aromatic heterocycles. The highest BCUT2D eigenvalue weighted by Gasteiger charge is 2.14. The van der Waals surface area contributed by atoms with E-state index in [1.807, 2.05) is 322 Å². The van der Waals surface area contributed by atoms with Gasteiger partial charge in [-0.25, -0.2) is 14.4 Å². The summed E-state index contributed by atoms with van der Waals surface area (Å²) in [5, 5.41) is 14.6. The Morgan fingerprint density at radius 1 is 0.175 bits per heavy atom. The number of esters is 3. The summed E-state index contributed by atoms with van der Waals surface area (Å²) < 4.78 is 15.6. The molecule has 0 unspecified atom stereocenters. The molecule has 0 atom stereocenters. The van der Waals surface area contributed by atoms with Gasteiger partial charge in [0.1, 0.15) is 0 Å². The van der Waals surface area contributed by atoms with Gasteiger partial charge in [-0.2, -0.15) is 0 Å². The maximum Gasteiger partial charge on any atom is 0.338 e. The highest BCUT2D eigenvalue weighted by atomic mass is 16.5. The highest BCUT2D eigenvalue weighted by molar-refractivity contribution is 5.97. The summed E-state index contributed by atoms with van der Waals surface area (Å²) >= 11 is 0. The molecule has 137 heavy (non-hydrogen) atoms. The Morgan fingerprint density at radius 3 is 0.504 bits per heavy atom. The zero-order valence-corrected chi connectivity index (χ0v) is 88.4. The van der Waals surface area contributed by atoms with E-state index < -0.39 is 0 Å². The van der Waals surface area contributed by atoms with Gasteiger partial charge in [0, 0.05) is 219 Å². The molecule has 0 aliphatic carbocycles. The third-order valence-corrected chi connectivity index (χ3v) is 21.6. The van der Waals surface area contributed by atoms with Gasteiger partial charge in [0.2, 0.25) is 0 Å². The van der Waals surface area contributed by atoms with E-state index in [0.717, 1.165) is 196 Å². The fraction of sp³-hybridized carbons (Fsp3) is 0.504. The van der Waals surface area contributed by atoms with Crippen molar-refractivity contribution in [2.45, 2.75) is 216 Å². The van der Waals surface area contributed by atoms with Gasteiger partial charge >= 0.3 is 17.9 Å². The van der Waals surface area contributed by atoms with Crippen LogP contribution in [0, 0.1) is 0 Å². The average Bonchev–Trinajstić information content (AvgIpc) is 0.919. The van der Waals surface area contributed by atoms with Crippen LogP contribution in [0.3, 0.4) is 0 Å². The normalized spacial score (nSPS) is 10.1. The standard InChI is InChI=1S/C16H26N2O.C16H25NO2.2C14H22N2O.C14H21NO2.2C13H20N2O.C13H19NO2/c1-4-5-6-7-8-13-17-16(19)14-9-11-15(12-10-14)18(2)3;1-4-5-6-7-8-13-19-16(18)14-9-11-15(12-10-14)17(2)3;2*1-4-5-6-11-15-14(17)12-7-9-13(10-8-12)16(2)3;1-4-5-6-11-17-14(16)12-7-9-13(10-8-12)15(2)3;2*1-4-5-10-14-13(16)11-6-8-12(9-7-11)15(2)3;1-4-5-10-16-13(15)11-6-8-12(9-7-11)14(2)3/h9-12H,4-8,13H2,1-3H3,(H,17,19);9-12H,4-8,13H2,1-3H3;2*7-10H,4-6,11H2,1-3H3,(H,15,17);7-10H,4-6,11H2,1-3H3;2*6-9H,4-5,10H2,1-3H3,(H,14,16);6-9H,4-5,10H2,1-3H3. The van der Waals surface area contributed by atoms with Crippen molar-refractivity contribution in [3.8, 4) is 0 Å². The van der Waals surface area contributed by atoms with Crippen molar-refractivity contribution in [1.29, 1.82) is 0 Å². The third kappa shape index (κ3) is 56.3. The van der Waals surface area contributed by atoms with Crippen LogP contribution in [0.4, 0.5) is 45.5 Å². The molecular formula is C113H175N13O11. The molecule has 8 aromatic carbocycles. The van der Waals surface area contributed by atoms with Crippen molar-refractivity contribution in [2.24, 2.45) is 0 Å². The fourth-order valence-corrected chi connectivity index (χ4v) is 12.5. The minimum absolute atomic E-state index is 0.0127. The molecule has 0 aliphatic heterocycles. The van der Waals surface area contributed by atoms with Gasteiger partial charge in [-0.1, -0.05) is 165 Å². The van der Waals surface area contributed by atoms with E-state index in [1.54, 1.807) is 24.3 Å². The van der Waals surface area contributed by atoms with E-state index in [4.69, 9.17) is 14.2 Å². The SMILES string of the molecule is CCCCCCCNC(=O)c1ccc(N(C)C)cc1.CCCCCCCOC(=O)c1ccc(N(C)C)cc1.CCCCCNC(=O)c1ccc(N(C)C)cc1.CCCCCNC(=O)c1ccc(N(C)C)cc1.CCCCCOC(=O)c1ccc(N(C)C)cc1.CCCCNC(=O)c1ccc(N(C)C)cc1.CCCCNC(=O)c1ccc(N(C)C)cc1.CCCCOC(=O)c1ccc(N(C)C)cc1. The van der Waals surface area contributed by atoms with Crippen LogP contribution in [0.5, 0.6) is 0 Å². The number of rotatable bonds is 49. The minimum atomic E-state index is -0.237. The molecule has 0 bridgehead atoms. The number of carbonyl (C=O) groups excluding carboxylic acids is 8. The molecule has 758 valence electrons. The van der Waals surface area contributed by atoms with E-state index in [1.165, 1.54) is 70.6 Å². The number of hydrogen-bond donors (Lipinski definition) is 5. The fourth-order valence-electron chi connectivity index (χ4n) is 12.5. The lowest BCUT2D eigenvalue weighted by Gasteiger charge is -2.12. The first kappa shape index (κ1) is 123. The molecule has 0 radical (unpaired) electrons. The van der Waals surface area contributed by atoms with Crippen LogP contribution in [-0.2, 0) is 14.2 Å². The van der Waals surface area contributed by atoms with Gasteiger partial charge in [0.25, 0.3) is 29.5 Å². The average molecular weight is 1890 g/mol. The molecule has 24 nitrogen and oxygen atoms in total. The summed E-state index contributed by atoms with van der Waals surface area (Å²) in [5.41, 5.74) is 14.2. The van der Waals surface area contributed by atoms with Gasteiger partial charge in [-0.3, -0.25) is 24.0 Å². The molecule has 0 fully saturated rings. The second-order valence-electron chi connectivity index (χ2n) is 35.2. The molecule has 0 saturated carbocycles. The first-order valence-electron chi connectivity index (χ1n) is 49.8. The van der Waals surface area contributed by atoms with E-state index in [9.17, 15) is 38.4 Å². The highest BCUT2D eigenvalue weighted by Crippen LogP contribution is 2.21. The van der Waals surface area contributed by atoms with Crippen molar-refractivity contribution >= 4 is 92.9 Å². The molecule has 24 heteroatoms. The maximum absolute atomic E-state index is 11.9. The lowest BCUT2D eigenvalue weighted by atomic mass is 10.1. The summed E-state index contributed by atoms with van der Waals surface area (Å²) in [5.74, 6) is -0.595. The van der Waals surface area contributed by atoms with Crippen LogP contribution in [0.25, 0.3) is 0 Å². The number of amides is 5. The van der Waals surface area contributed by atoms with Crippen LogP contribution in [-0.4, -0.2) is 213 Å². The van der Waals surface area contributed by atoms with Gasteiger partial charge in [-0.05, 0) is 245 Å². The largest absolute Gasteiger partial charge is 0.462 e. The van der Waals surface area contributed by atoms with E-state index >= 15 is 0 Å². The Labute approximate surface area is 826 Å². The van der Waals surface area contributed by atoms with Crippen LogP contribution >= 0.6 is 0 Å². The zero-order chi connectivity index (χ0) is 102. The van der Waals surface area contributed by atoms with Crippen molar-refractivity contribution in [3.63, 3.8) is 0 Å². The van der Waals surface area contributed by atoms with Crippen molar-refractivity contribution in [1.82, 2.24) is 26.6 Å². The number of hydrogen-bond acceptors (Lipinski definition) is 19. The first-order valence-corrected chi connectivity index (χ1v) is 49.8. The predicted octanol–water partition coefficient (Wildman–Crippen LogP) is 23.1. The molecule has 5 N–H and O–H groups in total. The molecule has 0 aliphatic rings. The van der Waals surface area contributed by atoms with E-state index in [0.29, 0.717) is 36.5 Å². The molecule has 8 rings (SSSR count). The number of nitrogens with one attached hydrogen (secondary N) is 5. The lowest BCUT2D eigenvalue weighted by Crippen LogP contribution is -2.24. The smallest absolute Gasteiger partial charge is 0.338 e. The number of anilines is 8. The van der Waals surface area contributed by atoms with Crippen LogP contribution < -0.4 is 65.8 Å². The van der Waals surface area contributed by atoms with Crippen LogP contribution in [0.15, 0.2) is 194 Å².